The fourth-order valence-electron chi connectivity index (χ4n) is 6.13. The van der Waals surface area contributed by atoms with Gasteiger partial charge in [-0.2, -0.15) is 0 Å². The van der Waals surface area contributed by atoms with E-state index in [2.05, 4.69) is 87.7 Å². The normalized spacial score (nSPS) is 19.4. The van der Waals surface area contributed by atoms with E-state index in [1.165, 1.54) is 16.8 Å². The number of amides is 1. The largest absolute Gasteiger partial charge is 0.465 e. The third-order valence-corrected chi connectivity index (χ3v) is 8.49. The highest BCUT2D eigenvalue weighted by atomic mass is 16.4. The Labute approximate surface area is 232 Å². The molecule has 1 amide bonds. The first-order valence-electron chi connectivity index (χ1n) is 14.1. The molecule has 0 saturated carbocycles. The first-order chi connectivity index (χ1) is 18.5. The maximum Gasteiger partial charge on any atom is 0.407 e. The van der Waals surface area contributed by atoms with Crippen LogP contribution >= 0.6 is 0 Å². The predicted molar refractivity (Wildman–Crippen MR) is 158 cm³/mol. The van der Waals surface area contributed by atoms with Crippen molar-refractivity contribution in [3.63, 3.8) is 0 Å². The Kier molecular flexibility index (Phi) is 7.27. The summed E-state index contributed by atoms with van der Waals surface area (Å²) in [6.45, 7) is 17.7. The number of aromatic nitrogens is 2. The van der Waals surface area contributed by atoms with Gasteiger partial charge in [-0.1, -0.05) is 44.2 Å². The van der Waals surface area contributed by atoms with Crippen LogP contribution in [0.1, 0.15) is 67.1 Å². The number of carbonyl (C=O) groups is 1. The van der Waals surface area contributed by atoms with E-state index in [4.69, 9.17) is 9.97 Å². The number of hydrogen-bond donors (Lipinski definition) is 1. The molecular formula is C32H41N5O2. The van der Waals surface area contributed by atoms with Crippen molar-refractivity contribution >= 4 is 17.6 Å². The van der Waals surface area contributed by atoms with Crippen molar-refractivity contribution in [2.75, 3.05) is 29.4 Å². The zero-order valence-corrected chi connectivity index (χ0v) is 24.3. The number of aryl methyl sites for hydroxylation is 3. The molecule has 2 atom stereocenters. The van der Waals surface area contributed by atoms with Crippen LogP contribution in [0, 0.1) is 20.8 Å². The lowest BCUT2D eigenvalue weighted by molar-refractivity contribution is 0.114. The van der Waals surface area contributed by atoms with Crippen LogP contribution in [0.4, 0.5) is 16.3 Å². The minimum atomic E-state index is -0.860. The van der Waals surface area contributed by atoms with E-state index in [1.807, 2.05) is 6.92 Å². The zero-order chi connectivity index (χ0) is 28.0. The Bertz CT molecular complexity index is 1380. The van der Waals surface area contributed by atoms with Gasteiger partial charge >= 0.3 is 6.09 Å². The molecule has 7 nitrogen and oxygen atoms in total. The molecule has 0 spiro atoms. The fourth-order valence-corrected chi connectivity index (χ4v) is 6.13. The molecule has 1 N–H and O–H groups in total. The molecular weight excluding hydrogens is 486 g/mol. The highest BCUT2D eigenvalue weighted by Gasteiger charge is 2.36. The summed E-state index contributed by atoms with van der Waals surface area (Å²) in [5, 5.41) is 9.75. The molecule has 3 aromatic rings. The number of benzene rings is 2. The van der Waals surface area contributed by atoms with Crippen molar-refractivity contribution in [2.45, 2.75) is 79.4 Å². The number of nitrogens with zero attached hydrogens (tertiary/aromatic N) is 5. The lowest BCUT2D eigenvalue weighted by Crippen LogP contribution is -2.58. The summed E-state index contributed by atoms with van der Waals surface area (Å²) in [5.41, 5.74) is 9.57. The highest BCUT2D eigenvalue weighted by Crippen LogP contribution is 2.36. The molecule has 1 aromatic heterocycles. The zero-order valence-electron chi connectivity index (χ0n) is 24.3. The van der Waals surface area contributed by atoms with Crippen LogP contribution in [-0.2, 0) is 13.0 Å². The second-order valence-electron chi connectivity index (χ2n) is 11.7. The van der Waals surface area contributed by atoms with Crippen LogP contribution in [-0.4, -0.2) is 57.8 Å². The molecule has 0 bridgehead atoms. The standard InChI is InChI=1S/C32H41N5O2/c1-19(2)25-12-11-20(3)28(15-25)35-14-13-27-26(18-35)31(36-16-24(7)37(32(38)39)17-23(36)6)34-30(33-27)29-21(4)9-8-10-22(29)5/h8-12,15,19,23-24H,13-14,16-18H2,1-7H3,(H,38,39)/t23-,24+/m1/s1. The van der Waals surface area contributed by atoms with E-state index >= 15 is 0 Å². The molecule has 0 aliphatic carbocycles. The quantitative estimate of drug-likeness (QED) is 0.427. The first-order valence-corrected chi connectivity index (χ1v) is 14.1. The van der Waals surface area contributed by atoms with Gasteiger partial charge in [0, 0.05) is 61.5 Å². The average molecular weight is 528 g/mol. The van der Waals surface area contributed by atoms with E-state index in [0.29, 0.717) is 19.0 Å². The van der Waals surface area contributed by atoms with Crippen LogP contribution in [0.15, 0.2) is 36.4 Å². The number of fused-ring (bicyclic) bond motifs is 1. The van der Waals surface area contributed by atoms with E-state index < -0.39 is 6.09 Å². The second kappa shape index (κ2) is 10.5. The Balaban J connectivity index is 1.62. The predicted octanol–water partition coefficient (Wildman–Crippen LogP) is 6.33. The van der Waals surface area contributed by atoms with Gasteiger partial charge in [-0.3, -0.25) is 0 Å². The third kappa shape index (κ3) is 5.07. The molecule has 5 rings (SSSR count). The molecule has 3 heterocycles. The minimum Gasteiger partial charge on any atom is -0.465 e. The molecule has 39 heavy (non-hydrogen) atoms. The smallest absolute Gasteiger partial charge is 0.407 e. The summed E-state index contributed by atoms with van der Waals surface area (Å²) in [6, 6.07) is 13.0. The van der Waals surface area contributed by atoms with E-state index in [-0.39, 0.29) is 12.1 Å². The molecule has 206 valence electrons. The Morgan fingerprint density at radius 1 is 0.974 bits per heavy atom. The van der Waals surface area contributed by atoms with Gasteiger partial charge in [0.15, 0.2) is 5.82 Å². The topological polar surface area (TPSA) is 72.8 Å². The van der Waals surface area contributed by atoms with Gasteiger partial charge in [0.25, 0.3) is 0 Å². The minimum absolute atomic E-state index is 0.00324. The summed E-state index contributed by atoms with van der Waals surface area (Å²) < 4.78 is 0. The van der Waals surface area contributed by atoms with Crippen LogP contribution in [0.2, 0.25) is 0 Å². The highest BCUT2D eigenvalue weighted by molar-refractivity contribution is 5.70. The maximum atomic E-state index is 11.9. The van der Waals surface area contributed by atoms with Crippen LogP contribution in [0.3, 0.4) is 0 Å². The third-order valence-electron chi connectivity index (χ3n) is 8.49. The van der Waals surface area contributed by atoms with Gasteiger partial charge in [-0.15, -0.1) is 0 Å². The summed E-state index contributed by atoms with van der Waals surface area (Å²) in [5.74, 6) is 2.18. The van der Waals surface area contributed by atoms with Gasteiger partial charge in [0.1, 0.15) is 5.82 Å². The van der Waals surface area contributed by atoms with Gasteiger partial charge in [0.2, 0.25) is 0 Å². The molecule has 0 radical (unpaired) electrons. The summed E-state index contributed by atoms with van der Waals surface area (Å²) in [7, 11) is 0. The molecule has 2 aliphatic rings. The summed E-state index contributed by atoms with van der Waals surface area (Å²) in [6.07, 6.45) is -0.0192. The fraction of sp³-hybridized carbons (Fsp3) is 0.469. The molecule has 0 unspecified atom stereocenters. The summed E-state index contributed by atoms with van der Waals surface area (Å²) in [4.78, 5) is 28.7. The number of carboxylic acid groups (broad SMARTS) is 1. The SMILES string of the molecule is Cc1ccc(C(C)C)cc1N1CCc2nc(-c3c(C)cccc3C)nc(N3C[C@H](C)N(C(=O)O)C[C@H]3C)c2C1. The van der Waals surface area contributed by atoms with Gasteiger partial charge in [-0.05, 0) is 68.9 Å². The monoisotopic (exact) mass is 527 g/mol. The first kappa shape index (κ1) is 27.0. The van der Waals surface area contributed by atoms with E-state index in [9.17, 15) is 9.90 Å². The van der Waals surface area contributed by atoms with Crippen LogP contribution < -0.4 is 9.80 Å². The molecule has 1 fully saturated rings. The number of anilines is 2. The van der Waals surface area contributed by atoms with Crippen molar-refractivity contribution < 1.29 is 9.90 Å². The Hall–Kier alpha value is -3.61. The maximum absolute atomic E-state index is 11.9. The lowest BCUT2D eigenvalue weighted by Gasteiger charge is -2.45. The summed E-state index contributed by atoms with van der Waals surface area (Å²) >= 11 is 0. The van der Waals surface area contributed by atoms with E-state index in [1.54, 1.807) is 4.90 Å². The number of rotatable bonds is 4. The van der Waals surface area contributed by atoms with Crippen molar-refractivity contribution in [1.82, 2.24) is 14.9 Å². The molecule has 7 heteroatoms. The lowest BCUT2D eigenvalue weighted by atomic mass is 9.97. The van der Waals surface area contributed by atoms with Gasteiger partial charge < -0.3 is 19.8 Å². The second-order valence-corrected chi connectivity index (χ2v) is 11.7. The number of hydrogen-bond acceptors (Lipinski definition) is 5. The molecule has 2 aliphatic heterocycles. The Morgan fingerprint density at radius 2 is 1.69 bits per heavy atom. The van der Waals surface area contributed by atoms with Crippen LogP contribution in [0.5, 0.6) is 0 Å². The van der Waals surface area contributed by atoms with E-state index in [0.717, 1.165) is 59.1 Å². The molecule has 1 saturated heterocycles. The number of piperazine rings is 1. The Morgan fingerprint density at radius 3 is 2.36 bits per heavy atom. The van der Waals surface area contributed by atoms with Crippen molar-refractivity contribution in [3.8, 4) is 11.4 Å². The van der Waals surface area contributed by atoms with Gasteiger partial charge in [0.05, 0.1) is 5.69 Å². The van der Waals surface area contributed by atoms with Crippen LogP contribution in [0.25, 0.3) is 11.4 Å². The van der Waals surface area contributed by atoms with Gasteiger partial charge in [-0.25, -0.2) is 14.8 Å². The molecule has 2 aromatic carbocycles. The van der Waals surface area contributed by atoms with Crippen molar-refractivity contribution in [3.05, 3.63) is 69.9 Å². The van der Waals surface area contributed by atoms with Crippen molar-refractivity contribution in [1.29, 1.82) is 0 Å². The van der Waals surface area contributed by atoms with Crippen molar-refractivity contribution in [2.24, 2.45) is 0 Å². The average Bonchev–Trinajstić information content (AvgIpc) is 2.89.